The van der Waals surface area contributed by atoms with E-state index in [1.165, 1.54) is 157 Å². The lowest BCUT2D eigenvalue weighted by Gasteiger charge is -2.35. The number of unbranched alkanes of at least 4 members (excludes halogenated alkanes) is 10. The van der Waals surface area contributed by atoms with Crippen LogP contribution in [0.2, 0.25) is 0 Å². The van der Waals surface area contributed by atoms with Crippen molar-refractivity contribution in [3.05, 3.63) is 166 Å². The van der Waals surface area contributed by atoms with Crippen LogP contribution in [0, 0.1) is 13.8 Å². The summed E-state index contributed by atoms with van der Waals surface area (Å²) in [6.07, 6.45) is 18.2. The third-order valence-electron chi connectivity index (χ3n) is 15.0. The van der Waals surface area contributed by atoms with E-state index in [9.17, 15) is 0 Å². The summed E-state index contributed by atoms with van der Waals surface area (Å²) in [5, 5.41) is 0. The third-order valence-corrected chi connectivity index (χ3v) is 15.0. The fourth-order valence-corrected chi connectivity index (χ4v) is 11.6. The van der Waals surface area contributed by atoms with Crippen LogP contribution in [0.4, 0.5) is 0 Å². The highest BCUT2D eigenvalue weighted by molar-refractivity contribution is 5.90. The van der Waals surface area contributed by atoms with Gasteiger partial charge >= 0.3 is 0 Å². The smallest absolute Gasteiger partial charge is 0.119 e. The van der Waals surface area contributed by atoms with E-state index in [4.69, 9.17) is 18.9 Å². The van der Waals surface area contributed by atoms with Crippen LogP contribution in [-0.4, -0.2) is 39.6 Å². The molecule has 6 aromatic carbocycles. The lowest BCUT2D eigenvalue weighted by molar-refractivity contribution is 0.110. The van der Waals surface area contributed by atoms with Crippen molar-refractivity contribution in [3.63, 3.8) is 0 Å². The lowest BCUT2D eigenvalue weighted by Crippen LogP contribution is -2.28. The van der Waals surface area contributed by atoms with Gasteiger partial charge in [-0.15, -0.1) is 0 Å². The minimum atomic E-state index is -0.593. The van der Waals surface area contributed by atoms with Gasteiger partial charge in [-0.3, -0.25) is 0 Å². The van der Waals surface area contributed by atoms with Gasteiger partial charge in [-0.2, -0.15) is 0 Å². The second-order valence-corrected chi connectivity index (χ2v) is 19.6. The topological polar surface area (TPSA) is 36.9 Å². The Bertz CT molecular complexity index is 2480. The van der Waals surface area contributed by atoms with Crippen LogP contribution in [0.1, 0.15) is 162 Å². The Balaban J connectivity index is 1.25. The van der Waals surface area contributed by atoms with Gasteiger partial charge in [-0.1, -0.05) is 187 Å². The molecular weight excluding hydrogens is 833 g/mol. The minimum Gasteiger partial charge on any atom is -0.491 e. The Morgan fingerprint density at radius 2 is 0.750 bits per heavy atom. The van der Waals surface area contributed by atoms with Crippen molar-refractivity contribution in [2.24, 2.45) is 0 Å². The van der Waals surface area contributed by atoms with Gasteiger partial charge in [0, 0.05) is 18.6 Å². The zero-order valence-electron chi connectivity index (χ0n) is 42.3. The van der Waals surface area contributed by atoms with Crippen LogP contribution in [0.15, 0.2) is 121 Å². The van der Waals surface area contributed by atoms with Gasteiger partial charge in [-0.05, 0) is 144 Å². The third kappa shape index (κ3) is 10.4. The van der Waals surface area contributed by atoms with Crippen LogP contribution < -0.4 is 9.47 Å². The first-order valence-corrected chi connectivity index (χ1v) is 26.5. The summed E-state index contributed by atoms with van der Waals surface area (Å²) >= 11 is 0. The molecule has 4 heteroatoms. The Kier molecular flexibility index (Phi) is 17.0. The Morgan fingerprint density at radius 3 is 1.22 bits per heavy atom. The molecule has 0 aromatic heterocycles. The average Bonchev–Trinajstić information content (AvgIpc) is 3.79. The minimum absolute atomic E-state index is 0.00935. The first-order chi connectivity index (χ1) is 33.4. The number of hydrogen-bond donors (Lipinski definition) is 0. The van der Waals surface area contributed by atoms with Gasteiger partial charge in [-0.25, -0.2) is 0 Å². The monoisotopic (exact) mass is 911 g/mol. The zero-order chi connectivity index (χ0) is 47.4. The number of benzene rings is 6. The summed E-state index contributed by atoms with van der Waals surface area (Å²) in [5.74, 6) is 1.69. The maximum Gasteiger partial charge on any atom is 0.119 e. The first-order valence-electron chi connectivity index (χ1n) is 26.5. The number of fused-ring (bicyclic) bond motifs is 6. The second-order valence-electron chi connectivity index (χ2n) is 19.6. The number of aryl methyl sites for hydroxylation is 2. The van der Waals surface area contributed by atoms with E-state index in [-0.39, 0.29) is 5.41 Å². The highest BCUT2D eigenvalue weighted by Crippen LogP contribution is 2.59. The van der Waals surface area contributed by atoms with Crippen molar-refractivity contribution in [2.75, 3.05) is 39.6 Å². The van der Waals surface area contributed by atoms with Crippen LogP contribution in [0.5, 0.6) is 11.5 Å². The molecule has 0 aliphatic heterocycles. The molecule has 68 heavy (non-hydrogen) atoms. The standard InChI is InChI=1S/C64H78O4/c1-7-11-13-15-17-19-37-63(38-20-18-16-14-12-8-2)59-43-47(5)21-33-55(59)56-35-23-49(45-60(56)63)50-24-36-58-57-34-22-48(6)44-61(57)64(62(58)46-50,51-25-29-53(30-26-51)67-41-39-65-9-3)52-27-31-54(32-28-52)68-42-40-66-10-4/h21-36,43-46H,7-20,37-42H2,1-6H3. The van der Waals surface area contributed by atoms with Crippen molar-refractivity contribution < 1.29 is 18.9 Å². The molecule has 0 heterocycles. The van der Waals surface area contributed by atoms with E-state index in [2.05, 4.69) is 149 Å². The Hall–Kier alpha value is -5.16. The van der Waals surface area contributed by atoms with Crippen molar-refractivity contribution in [3.8, 4) is 44.9 Å². The predicted octanol–water partition coefficient (Wildman–Crippen LogP) is 16.9. The summed E-state index contributed by atoms with van der Waals surface area (Å²) in [6.45, 7) is 16.7. The van der Waals surface area contributed by atoms with Crippen LogP contribution >= 0.6 is 0 Å². The summed E-state index contributed by atoms with van der Waals surface area (Å²) in [5.41, 5.74) is 18.2. The zero-order valence-corrected chi connectivity index (χ0v) is 42.3. The van der Waals surface area contributed by atoms with Gasteiger partial charge in [0.25, 0.3) is 0 Å². The molecule has 8 rings (SSSR count). The highest BCUT2D eigenvalue weighted by Gasteiger charge is 2.47. The van der Waals surface area contributed by atoms with Crippen LogP contribution in [-0.2, 0) is 20.3 Å². The SMILES string of the molecule is CCCCCCCCC1(CCCCCCCC)c2cc(C)ccc2-c2ccc(-c3ccc4c(c3)C(c3ccc(OCCOCC)cc3)(c3ccc(OCCOCC)cc3)c3cc(C)ccc3-4)cc21. The van der Waals surface area contributed by atoms with E-state index < -0.39 is 5.41 Å². The lowest BCUT2D eigenvalue weighted by atomic mass is 9.67. The normalized spacial score (nSPS) is 13.8. The van der Waals surface area contributed by atoms with Gasteiger partial charge in [0.15, 0.2) is 0 Å². The number of hydrogen-bond acceptors (Lipinski definition) is 4. The summed E-state index contributed by atoms with van der Waals surface area (Å²) < 4.78 is 23.6. The first kappa shape index (κ1) is 49.3. The molecule has 0 atom stereocenters. The quantitative estimate of drug-likeness (QED) is 0.0482. The van der Waals surface area contributed by atoms with Crippen molar-refractivity contribution in [2.45, 2.75) is 142 Å². The molecular formula is C64H78O4. The average molecular weight is 911 g/mol. The maximum absolute atomic E-state index is 6.19. The molecule has 0 saturated carbocycles. The predicted molar refractivity (Wildman–Crippen MR) is 285 cm³/mol. The second kappa shape index (κ2) is 23.4. The fourth-order valence-electron chi connectivity index (χ4n) is 11.6. The molecule has 0 amide bonds. The fraction of sp³-hybridized carbons (Fsp3) is 0.438. The molecule has 2 aliphatic carbocycles. The Labute approximate surface area is 409 Å². The summed E-state index contributed by atoms with van der Waals surface area (Å²) in [7, 11) is 0. The molecule has 6 aromatic rings. The molecule has 0 fully saturated rings. The molecule has 0 bridgehead atoms. The van der Waals surface area contributed by atoms with E-state index in [0.717, 1.165) is 11.5 Å². The summed E-state index contributed by atoms with van der Waals surface area (Å²) in [4.78, 5) is 0. The molecule has 0 unspecified atom stereocenters. The Morgan fingerprint density at radius 1 is 0.368 bits per heavy atom. The van der Waals surface area contributed by atoms with Crippen molar-refractivity contribution in [1.82, 2.24) is 0 Å². The van der Waals surface area contributed by atoms with Crippen molar-refractivity contribution >= 4 is 0 Å². The highest BCUT2D eigenvalue weighted by atomic mass is 16.5. The molecule has 358 valence electrons. The van der Waals surface area contributed by atoms with E-state index in [1.807, 2.05) is 13.8 Å². The molecule has 0 radical (unpaired) electrons. The molecule has 0 saturated heterocycles. The molecule has 2 aliphatic rings. The van der Waals surface area contributed by atoms with E-state index in [1.54, 1.807) is 11.1 Å². The van der Waals surface area contributed by atoms with E-state index in [0.29, 0.717) is 39.6 Å². The molecule has 0 N–H and O–H groups in total. The summed E-state index contributed by atoms with van der Waals surface area (Å²) in [6, 6.07) is 46.8. The van der Waals surface area contributed by atoms with Crippen LogP contribution in [0.25, 0.3) is 33.4 Å². The van der Waals surface area contributed by atoms with Crippen molar-refractivity contribution in [1.29, 1.82) is 0 Å². The molecule has 4 nitrogen and oxygen atoms in total. The van der Waals surface area contributed by atoms with E-state index >= 15 is 0 Å². The molecule has 0 spiro atoms. The van der Waals surface area contributed by atoms with Crippen LogP contribution in [0.3, 0.4) is 0 Å². The van der Waals surface area contributed by atoms with Gasteiger partial charge in [0.1, 0.15) is 24.7 Å². The maximum atomic E-state index is 6.19. The number of rotatable bonds is 27. The largest absolute Gasteiger partial charge is 0.491 e. The number of ether oxygens (including phenoxy) is 4. The van der Waals surface area contributed by atoms with Gasteiger partial charge in [0.05, 0.1) is 18.6 Å². The van der Waals surface area contributed by atoms with Gasteiger partial charge in [0.2, 0.25) is 0 Å². The van der Waals surface area contributed by atoms with Gasteiger partial charge < -0.3 is 18.9 Å².